The topological polar surface area (TPSA) is 62.1 Å². The average molecular weight is 423 g/mol. The van der Waals surface area contributed by atoms with Crippen LogP contribution < -0.4 is 19.0 Å². The number of ether oxygens (including phenoxy) is 3. The molecule has 0 unspecified atom stereocenters. The van der Waals surface area contributed by atoms with E-state index in [0.717, 1.165) is 21.5 Å². The van der Waals surface area contributed by atoms with Gasteiger partial charge in [0.1, 0.15) is 5.75 Å². The molecule has 3 aromatic rings. The lowest BCUT2D eigenvalue weighted by atomic mass is 10.2. The second kappa shape index (κ2) is 9.81. The Morgan fingerprint density at radius 3 is 2.70 bits per heavy atom. The number of fused-ring (bicyclic) bond motifs is 1. The van der Waals surface area contributed by atoms with Gasteiger partial charge in [0.05, 0.1) is 37.6 Å². The number of hydrogen-bond acceptors (Lipinski definition) is 5. The van der Waals surface area contributed by atoms with Gasteiger partial charge < -0.3 is 18.8 Å². The number of terminal acetylenes is 1. The molecule has 0 saturated carbocycles. The summed E-state index contributed by atoms with van der Waals surface area (Å²) >= 11 is 1.39. The van der Waals surface area contributed by atoms with Gasteiger partial charge in [0, 0.05) is 6.08 Å². The van der Waals surface area contributed by atoms with Crippen molar-refractivity contribution < 1.29 is 19.0 Å². The largest absolute Gasteiger partial charge is 0.494 e. The molecule has 0 bridgehead atoms. The van der Waals surface area contributed by atoms with Crippen molar-refractivity contribution in [2.75, 3.05) is 20.8 Å². The monoisotopic (exact) mass is 422 g/mol. The Balaban J connectivity index is 1.93. The Bertz CT molecular complexity index is 1200. The highest BCUT2D eigenvalue weighted by Gasteiger charge is 2.08. The molecule has 30 heavy (non-hydrogen) atoms. The third kappa shape index (κ3) is 4.73. The van der Waals surface area contributed by atoms with Gasteiger partial charge in [-0.15, -0.1) is 6.42 Å². The van der Waals surface area contributed by atoms with E-state index in [1.54, 1.807) is 32.4 Å². The lowest BCUT2D eigenvalue weighted by Crippen LogP contribution is -2.15. The van der Waals surface area contributed by atoms with E-state index < -0.39 is 0 Å². The smallest absolute Gasteiger partial charge is 0.272 e. The molecule has 0 aliphatic carbocycles. The Morgan fingerprint density at radius 1 is 1.20 bits per heavy atom. The molecule has 1 amide bonds. The highest BCUT2D eigenvalue weighted by atomic mass is 32.1. The van der Waals surface area contributed by atoms with Gasteiger partial charge in [0.2, 0.25) is 0 Å². The summed E-state index contributed by atoms with van der Waals surface area (Å²) in [4.78, 5) is 17.3. The van der Waals surface area contributed by atoms with Gasteiger partial charge >= 0.3 is 0 Å². The summed E-state index contributed by atoms with van der Waals surface area (Å²) < 4.78 is 18.9. The molecule has 2 aromatic carbocycles. The van der Waals surface area contributed by atoms with Crippen LogP contribution in [0.4, 0.5) is 0 Å². The summed E-state index contributed by atoms with van der Waals surface area (Å²) in [6.07, 6.45) is 8.61. The highest BCUT2D eigenvalue weighted by molar-refractivity contribution is 7.16. The number of methoxy groups -OCH3 is 2. The van der Waals surface area contributed by atoms with E-state index in [-0.39, 0.29) is 5.91 Å². The normalized spacial score (nSPS) is 11.6. The average Bonchev–Trinajstić information content (AvgIpc) is 3.08. The Hall–Kier alpha value is -3.50. The van der Waals surface area contributed by atoms with E-state index in [0.29, 0.717) is 29.5 Å². The molecule has 6 nitrogen and oxygen atoms in total. The van der Waals surface area contributed by atoms with Crippen LogP contribution in [0.1, 0.15) is 12.5 Å². The maximum Gasteiger partial charge on any atom is 0.272 e. The number of amides is 1. The molecule has 0 atom stereocenters. The first-order valence-corrected chi connectivity index (χ1v) is 10.1. The number of nitrogens with zero attached hydrogens (tertiary/aromatic N) is 2. The van der Waals surface area contributed by atoms with Crippen LogP contribution in [0.5, 0.6) is 17.2 Å². The van der Waals surface area contributed by atoms with Crippen LogP contribution in [0.25, 0.3) is 16.3 Å². The van der Waals surface area contributed by atoms with Crippen molar-refractivity contribution in [2.24, 2.45) is 4.99 Å². The molecule has 0 aliphatic heterocycles. The van der Waals surface area contributed by atoms with Crippen LogP contribution in [0, 0.1) is 12.3 Å². The first-order chi connectivity index (χ1) is 14.6. The van der Waals surface area contributed by atoms with Crippen LogP contribution in [0.2, 0.25) is 0 Å². The molecule has 0 aliphatic rings. The van der Waals surface area contributed by atoms with Gasteiger partial charge in [0.15, 0.2) is 16.3 Å². The Labute approximate surface area is 179 Å². The summed E-state index contributed by atoms with van der Waals surface area (Å²) in [5.74, 6) is 4.22. The minimum absolute atomic E-state index is 0.319. The Kier molecular flexibility index (Phi) is 6.94. The maximum atomic E-state index is 12.5. The molecular formula is C23H22N2O4S. The first-order valence-electron chi connectivity index (χ1n) is 9.28. The van der Waals surface area contributed by atoms with E-state index in [9.17, 15) is 4.79 Å². The van der Waals surface area contributed by atoms with Crippen molar-refractivity contribution in [3.8, 4) is 29.6 Å². The second-order valence-electron chi connectivity index (χ2n) is 6.14. The van der Waals surface area contributed by atoms with Crippen LogP contribution in [-0.4, -0.2) is 31.3 Å². The van der Waals surface area contributed by atoms with E-state index in [1.807, 2.05) is 35.8 Å². The first kappa shape index (κ1) is 21.2. The summed E-state index contributed by atoms with van der Waals surface area (Å²) in [5, 5.41) is 0. The molecule has 1 aromatic heterocycles. The minimum atomic E-state index is -0.382. The van der Waals surface area contributed by atoms with Crippen molar-refractivity contribution in [3.05, 3.63) is 52.8 Å². The van der Waals surface area contributed by atoms with Crippen LogP contribution in [-0.2, 0) is 11.3 Å². The summed E-state index contributed by atoms with van der Waals surface area (Å²) in [6, 6.07) is 11.1. The standard InChI is InChI=1S/C23H22N2O4S/c1-5-13-25-18-10-9-17(29-6-2)15-21(18)30-23(25)24-22(26)12-8-16-7-11-19(27-3)20(14-16)28-4/h1,7-12,14-15H,6,13H2,2-4H3/b12-8-,24-23?. The predicted octanol–water partition coefficient (Wildman–Crippen LogP) is 3.89. The zero-order valence-corrected chi connectivity index (χ0v) is 17.9. The third-order valence-electron chi connectivity index (χ3n) is 4.25. The molecule has 3 rings (SSSR count). The maximum absolute atomic E-state index is 12.5. The van der Waals surface area contributed by atoms with Gasteiger partial charge in [0.25, 0.3) is 5.91 Å². The van der Waals surface area contributed by atoms with E-state index in [2.05, 4.69) is 10.9 Å². The number of carbonyl (C=O) groups excluding carboxylic acids is 1. The van der Waals surface area contributed by atoms with Gasteiger partial charge in [-0.05, 0) is 48.9 Å². The zero-order chi connectivity index (χ0) is 21.5. The van der Waals surface area contributed by atoms with Crippen molar-refractivity contribution in [1.82, 2.24) is 4.57 Å². The van der Waals surface area contributed by atoms with Gasteiger partial charge in [-0.3, -0.25) is 4.79 Å². The number of rotatable bonds is 7. The van der Waals surface area contributed by atoms with E-state index in [1.165, 1.54) is 17.4 Å². The molecular weight excluding hydrogens is 400 g/mol. The summed E-state index contributed by atoms with van der Waals surface area (Å²) in [5.41, 5.74) is 1.71. The van der Waals surface area contributed by atoms with Crippen LogP contribution >= 0.6 is 11.3 Å². The molecule has 1 heterocycles. The molecule has 0 radical (unpaired) electrons. The van der Waals surface area contributed by atoms with Gasteiger partial charge in [-0.25, -0.2) is 0 Å². The lowest BCUT2D eigenvalue weighted by molar-refractivity contribution is -0.113. The molecule has 154 valence electrons. The van der Waals surface area contributed by atoms with Crippen LogP contribution in [0.15, 0.2) is 47.5 Å². The number of benzene rings is 2. The predicted molar refractivity (Wildman–Crippen MR) is 119 cm³/mol. The number of thiazole rings is 1. The van der Waals surface area contributed by atoms with Gasteiger partial charge in [-0.1, -0.05) is 23.3 Å². The fourth-order valence-corrected chi connectivity index (χ4v) is 3.96. The summed E-state index contributed by atoms with van der Waals surface area (Å²) in [7, 11) is 3.14. The van der Waals surface area contributed by atoms with E-state index in [4.69, 9.17) is 20.6 Å². The molecule has 0 spiro atoms. The van der Waals surface area contributed by atoms with Crippen molar-refractivity contribution >= 4 is 33.5 Å². The van der Waals surface area contributed by atoms with Crippen molar-refractivity contribution in [1.29, 1.82) is 0 Å². The lowest BCUT2D eigenvalue weighted by Gasteiger charge is -2.07. The third-order valence-corrected chi connectivity index (χ3v) is 5.29. The quantitative estimate of drug-likeness (QED) is 0.428. The molecule has 0 N–H and O–H groups in total. The minimum Gasteiger partial charge on any atom is -0.494 e. The fourth-order valence-electron chi connectivity index (χ4n) is 2.89. The molecule has 7 heteroatoms. The summed E-state index contributed by atoms with van der Waals surface area (Å²) in [6.45, 7) is 2.83. The highest BCUT2D eigenvalue weighted by Crippen LogP contribution is 2.28. The second-order valence-corrected chi connectivity index (χ2v) is 7.14. The Morgan fingerprint density at radius 2 is 2.00 bits per heavy atom. The fraction of sp³-hybridized carbons (Fsp3) is 0.217. The molecule has 0 fully saturated rings. The van der Waals surface area contributed by atoms with Crippen molar-refractivity contribution in [2.45, 2.75) is 13.5 Å². The van der Waals surface area contributed by atoms with Gasteiger partial charge in [-0.2, -0.15) is 4.99 Å². The van der Waals surface area contributed by atoms with E-state index >= 15 is 0 Å². The zero-order valence-electron chi connectivity index (χ0n) is 17.0. The number of carbonyl (C=O) groups is 1. The molecule has 0 saturated heterocycles. The van der Waals surface area contributed by atoms with Crippen LogP contribution in [0.3, 0.4) is 0 Å². The number of aromatic nitrogens is 1. The SMILES string of the molecule is C#CCn1c(=NC(=O)/C=C\c2ccc(OC)c(OC)c2)sc2cc(OCC)ccc21. The number of hydrogen-bond donors (Lipinski definition) is 0. The van der Waals surface area contributed by atoms with Crippen molar-refractivity contribution in [3.63, 3.8) is 0 Å².